The minimum absolute atomic E-state index is 0.176. The topological polar surface area (TPSA) is 638 Å². The summed E-state index contributed by atoms with van der Waals surface area (Å²) in [6.45, 7) is -3.91. The number of rotatable bonds is 13. The van der Waals surface area contributed by atoms with Crippen LogP contribution in [0.1, 0.15) is 33.1 Å². The van der Waals surface area contributed by atoms with Crippen molar-refractivity contribution >= 4 is 10.1 Å². The van der Waals surface area contributed by atoms with Gasteiger partial charge < -0.3 is 183 Å². The number of ether oxygens (including phenoxy) is 15. The summed E-state index contributed by atoms with van der Waals surface area (Å²) >= 11 is 0. The summed E-state index contributed by atoms with van der Waals surface area (Å²) < 4.78 is 114. The number of aliphatic hydroxyl groups excluding tert-OH is 22. The van der Waals surface area contributed by atoms with Gasteiger partial charge in [-0.3, -0.25) is 4.55 Å². The van der Waals surface area contributed by atoms with Crippen molar-refractivity contribution in [3.8, 4) is 0 Å². The van der Waals surface area contributed by atoms with E-state index < -0.39 is 283 Å². The molecule has 21 fully saturated rings. The first-order valence-electron chi connectivity index (χ1n) is 28.8. The number of hydrogen-bond donors (Lipinski definition) is 23. The molecular weight excluding hydrogens is 1260 g/mol. The van der Waals surface area contributed by atoms with Gasteiger partial charge in [-0.15, -0.1) is 0 Å². The molecule has 40 nitrogen and oxygen atoms in total. The van der Waals surface area contributed by atoms with Crippen LogP contribution in [-0.2, 0) is 81.2 Å². The molecule has 21 aliphatic rings. The summed E-state index contributed by atoms with van der Waals surface area (Å²) in [4.78, 5) is 0. The Morgan fingerprint density at radius 1 is 0.311 bits per heavy atom. The zero-order valence-electron chi connectivity index (χ0n) is 48.1. The fourth-order valence-electron chi connectivity index (χ4n) is 11.2. The van der Waals surface area contributed by atoms with Crippen LogP contribution in [0.25, 0.3) is 0 Å². The molecule has 37 atom stereocenters. The van der Waals surface area contributed by atoms with Gasteiger partial charge in [0.15, 0.2) is 55.8 Å². The Labute approximate surface area is 511 Å². The maximum absolute atomic E-state index is 11.3. The maximum atomic E-state index is 11.3. The van der Waals surface area contributed by atoms with Crippen molar-refractivity contribution in [2.24, 2.45) is 0 Å². The molecule has 0 saturated carbocycles. The Hall–Kier alpha value is -1.57. The lowest BCUT2D eigenvalue weighted by Gasteiger charge is -2.50. The van der Waals surface area contributed by atoms with E-state index in [1.165, 1.54) is 0 Å². The van der Waals surface area contributed by atoms with Crippen molar-refractivity contribution in [1.82, 2.24) is 0 Å². The molecule has 21 saturated heterocycles. The van der Waals surface area contributed by atoms with Gasteiger partial charge in [-0.2, -0.15) is 8.42 Å². The molecule has 14 bridgehead atoms. The van der Waals surface area contributed by atoms with Crippen molar-refractivity contribution < 1.29 is 196 Å². The molecule has 23 N–H and O–H groups in total. The highest BCUT2D eigenvalue weighted by molar-refractivity contribution is 7.86. The van der Waals surface area contributed by atoms with Crippen LogP contribution in [0.3, 0.4) is 0 Å². The summed E-state index contributed by atoms with van der Waals surface area (Å²) in [5.74, 6) is 0. The normalized spacial score (nSPS) is 49.8. The molecule has 0 aromatic heterocycles. The Kier molecular flexibility index (Phi) is 27.9. The fraction of sp³-hybridized carbons (Fsp3) is 1.00. The van der Waals surface area contributed by atoms with Crippen LogP contribution in [0.15, 0.2) is 0 Å². The Morgan fingerprint density at radius 2 is 0.478 bits per heavy atom. The lowest BCUT2D eigenvalue weighted by atomic mass is 9.95. The molecule has 528 valence electrons. The summed E-state index contributed by atoms with van der Waals surface area (Å²) in [6, 6.07) is 0. The molecule has 41 heteroatoms. The maximum Gasteiger partial charge on any atom is 0.292 e. The molecule has 21 heterocycles. The number of hydrogen-bond acceptors (Lipinski definition) is 39. The molecule has 90 heavy (non-hydrogen) atoms. The molecule has 0 amide bonds. The van der Waals surface area contributed by atoms with Gasteiger partial charge in [0.05, 0.1) is 46.2 Å². The highest BCUT2D eigenvalue weighted by atomic mass is 32.2. The predicted octanol–water partition coefficient (Wildman–Crippen LogP) is -14.5. The van der Waals surface area contributed by atoms with E-state index in [1.54, 1.807) is 13.8 Å². The van der Waals surface area contributed by atoms with Crippen LogP contribution >= 0.6 is 0 Å². The van der Waals surface area contributed by atoms with Crippen molar-refractivity contribution in [3.05, 3.63) is 0 Å². The summed E-state index contributed by atoms with van der Waals surface area (Å²) in [7, 11) is -4.21. The van der Waals surface area contributed by atoms with Crippen molar-refractivity contribution in [2.75, 3.05) is 46.2 Å². The van der Waals surface area contributed by atoms with E-state index in [0.717, 1.165) is 0 Å². The Bertz CT molecular complexity index is 1890. The first kappa shape index (κ1) is 75.8. The van der Waals surface area contributed by atoms with Gasteiger partial charge in [0.2, 0.25) is 0 Å². The third-order valence-electron chi connectivity index (χ3n) is 16.3. The summed E-state index contributed by atoms with van der Waals surface area (Å²) in [5.41, 5.74) is -1.31. The smallest absolute Gasteiger partial charge is 0.292 e. The zero-order valence-corrected chi connectivity index (χ0v) is 48.9. The Balaban J connectivity index is 0.000000794. The van der Waals surface area contributed by atoms with Crippen LogP contribution in [-0.4, -0.2) is 398 Å². The van der Waals surface area contributed by atoms with E-state index in [4.69, 9.17) is 80.7 Å². The first-order valence-corrected chi connectivity index (χ1v) is 30.3. The lowest BCUT2D eigenvalue weighted by molar-refractivity contribution is -0.396. The van der Waals surface area contributed by atoms with Gasteiger partial charge in [0.25, 0.3) is 10.1 Å². The van der Waals surface area contributed by atoms with Gasteiger partial charge in [0, 0.05) is 0 Å². The second-order valence-corrected chi connectivity index (χ2v) is 23.9. The van der Waals surface area contributed by atoms with E-state index in [0.29, 0.717) is 6.42 Å². The van der Waals surface area contributed by atoms with Crippen LogP contribution in [0.4, 0.5) is 0 Å². The monoisotopic (exact) mass is 1350 g/mol. The molecular formula is C49H86O40S. The average molecular weight is 1350 g/mol. The van der Waals surface area contributed by atoms with Crippen LogP contribution in [0.5, 0.6) is 0 Å². The van der Waals surface area contributed by atoms with Crippen LogP contribution < -0.4 is 0 Å². The van der Waals surface area contributed by atoms with Crippen LogP contribution in [0.2, 0.25) is 0 Å². The summed E-state index contributed by atoms with van der Waals surface area (Å²) in [6.07, 6.45) is -70.4. The van der Waals surface area contributed by atoms with Gasteiger partial charge in [-0.25, -0.2) is 0 Å². The van der Waals surface area contributed by atoms with E-state index in [1.807, 2.05) is 0 Å². The number of aliphatic hydroxyl groups is 22. The van der Waals surface area contributed by atoms with Crippen molar-refractivity contribution in [3.63, 3.8) is 0 Å². The Morgan fingerprint density at radius 3 is 0.600 bits per heavy atom. The van der Waals surface area contributed by atoms with E-state index in [-0.39, 0.29) is 12.8 Å². The minimum Gasteiger partial charge on any atom is -0.394 e. The van der Waals surface area contributed by atoms with E-state index in [2.05, 4.69) is 0 Å². The standard InChI is InChI=1S/C42H70O35.C7H16O5S/c43-1-8-29-15(50)22(57)36(64-8)72-30-9(2-44)66-38(24(59)17(30)52)74-32-11(4-46)68-40(26(61)19(32)54)76-34-13(6-48)70-42(28(63)21(34)56)77-35-14(7-49)69-41(27(62)20(35)55)75-33-12(5-47)67-39(25(60)18(33)53)73-31-10(3-45)65-37(71-29)23(58)16(31)51;1-3-5-7(13(9,10)11)12-6(8)4-2/h8-63H,1-7H2;6-8H,3-5H2,1-2H3,(H,9,10,11)/t8-,9-,10-,11-,12-,13-,14-,15-,16-,17-,18-,19-,20-,21-,22-,23-,24-,25-,26-,27-,28-,29-,30-,31-,32-,33-,34-,35-,36-,37-,38-,39-,40-,41-,42-;/m1./s1. The minimum atomic E-state index is -4.21. The zero-order chi connectivity index (χ0) is 66.5. The largest absolute Gasteiger partial charge is 0.394 e. The summed E-state index contributed by atoms with van der Waals surface area (Å²) in [5, 5.41) is 239. The van der Waals surface area contributed by atoms with Gasteiger partial charge in [-0.05, 0) is 12.8 Å². The second-order valence-electron chi connectivity index (χ2n) is 22.4. The molecule has 0 aromatic rings. The van der Waals surface area contributed by atoms with Gasteiger partial charge >= 0.3 is 0 Å². The third kappa shape index (κ3) is 16.5. The molecule has 21 aliphatic heterocycles. The fourth-order valence-corrected chi connectivity index (χ4v) is 12.0. The van der Waals surface area contributed by atoms with Gasteiger partial charge in [0.1, 0.15) is 171 Å². The molecule has 2 unspecified atom stereocenters. The molecule has 0 aromatic carbocycles. The lowest BCUT2D eigenvalue weighted by Crippen LogP contribution is -2.68. The van der Waals surface area contributed by atoms with Crippen LogP contribution in [0, 0.1) is 0 Å². The van der Waals surface area contributed by atoms with Gasteiger partial charge in [-0.1, -0.05) is 20.3 Å². The highest BCUT2D eigenvalue weighted by Gasteiger charge is 2.59. The average Bonchev–Trinajstić information content (AvgIpc) is 0.811. The molecule has 21 rings (SSSR count). The first-order chi connectivity index (χ1) is 42.6. The molecule has 0 aliphatic carbocycles. The van der Waals surface area contributed by atoms with Crippen molar-refractivity contribution in [2.45, 2.75) is 260 Å². The second kappa shape index (κ2) is 33.1. The van der Waals surface area contributed by atoms with E-state index >= 15 is 0 Å². The quantitative estimate of drug-likeness (QED) is 0.0601. The van der Waals surface area contributed by atoms with Crippen molar-refractivity contribution in [1.29, 1.82) is 0 Å². The molecule has 0 spiro atoms. The third-order valence-corrected chi connectivity index (χ3v) is 17.3. The predicted molar refractivity (Wildman–Crippen MR) is 276 cm³/mol. The SMILES string of the molecule is CCCC(OC(O)CC)S(=O)(=O)O.OC[C@H]1O[C@@H]2O[C@H]3[C@H](O)[C@@H](O)[C@@H](O[C@H]4[C@H](O)[C@@H](O)[C@@H](O[C@H]5[C@H](O)[C@@H](O)[C@@H](O[C@H]6[C@H](O)[C@@H](O)[C@@H](O[C@H]7[C@H](O)[C@@H](O)[C@@H](O[C@H]8[C@H](O)[C@@H](O)[C@@H](O[C@H]1[C@H](O)[C@H]2O)O[C@@H]8CO)O[C@@H]7CO)O[C@@H]6CO)O[C@@H]5CO)O[C@@H]4CO)O[C@@H]3CO. The highest BCUT2D eigenvalue weighted by Crippen LogP contribution is 2.39. The van der Waals surface area contributed by atoms with E-state index in [9.17, 15) is 116 Å². The molecule has 0 radical (unpaired) electrons.